The number of rotatable bonds is 3. The van der Waals surface area contributed by atoms with Gasteiger partial charge in [-0.15, -0.1) is 0 Å². The average molecular weight is 199 g/mol. The molecule has 0 aliphatic rings. The minimum absolute atomic E-state index is 0.140. The van der Waals surface area contributed by atoms with Crippen molar-refractivity contribution in [3.63, 3.8) is 0 Å². The Bertz CT molecular complexity index is 278. The Kier molecular flexibility index (Phi) is 3.28. The Morgan fingerprint density at radius 3 is 2.77 bits per heavy atom. The van der Waals surface area contributed by atoms with E-state index in [0.717, 1.165) is 18.4 Å². The first-order valence-corrected chi connectivity index (χ1v) is 4.75. The summed E-state index contributed by atoms with van der Waals surface area (Å²) in [6.07, 6.45) is 3.49. The van der Waals surface area contributed by atoms with Crippen molar-refractivity contribution in [2.75, 3.05) is 0 Å². The van der Waals surface area contributed by atoms with Crippen molar-refractivity contribution >= 4 is 11.6 Å². The fourth-order valence-electron chi connectivity index (χ4n) is 1.06. The average Bonchev–Trinajstić information content (AvgIpc) is 2.01. The van der Waals surface area contributed by atoms with Crippen molar-refractivity contribution in [1.29, 1.82) is 0 Å². The Morgan fingerprint density at radius 2 is 2.23 bits per heavy atom. The molecular weight excluding hydrogens is 184 g/mol. The minimum atomic E-state index is -0.140. The molecular formula is C10H15ClN2. The van der Waals surface area contributed by atoms with Gasteiger partial charge in [-0.05, 0) is 38.3 Å². The first-order chi connectivity index (χ1) is 5.99. The number of halogens is 1. The van der Waals surface area contributed by atoms with Gasteiger partial charge < -0.3 is 5.73 Å². The second-order valence-corrected chi connectivity index (χ2v) is 4.30. The van der Waals surface area contributed by atoms with Crippen LogP contribution >= 0.6 is 11.6 Å². The SMILES string of the molecule is CC(C)(N)CCc1cccnc1Cl. The van der Waals surface area contributed by atoms with Crippen LogP contribution in [0.3, 0.4) is 0 Å². The van der Waals surface area contributed by atoms with Gasteiger partial charge in [0.05, 0.1) is 0 Å². The maximum absolute atomic E-state index is 5.90. The highest BCUT2D eigenvalue weighted by Gasteiger charge is 2.11. The summed E-state index contributed by atoms with van der Waals surface area (Å²) in [6.45, 7) is 4.02. The number of hydrogen-bond donors (Lipinski definition) is 1. The van der Waals surface area contributed by atoms with E-state index in [0.29, 0.717) is 5.15 Å². The smallest absolute Gasteiger partial charge is 0.132 e. The van der Waals surface area contributed by atoms with Gasteiger partial charge in [-0.3, -0.25) is 0 Å². The summed E-state index contributed by atoms with van der Waals surface area (Å²) in [5, 5.41) is 0.590. The zero-order valence-electron chi connectivity index (χ0n) is 8.05. The molecule has 0 bridgehead atoms. The van der Waals surface area contributed by atoms with Crippen LogP contribution < -0.4 is 5.73 Å². The molecule has 0 radical (unpaired) electrons. The van der Waals surface area contributed by atoms with Crippen LogP contribution in [0, 0.1) is 0 Å². The lowest BCUT2D eigenvalue weighted by Gasteiger charge is -2.18. The van der Waals surface area contributed by atoms with E-state index in [1.54, 1.807) is 6.20 Å². The molecule has 0 saturated heterocycles. The Balaban J connectivity index is 2.60. The topological polar surface area (TPSA) is 38.9 Å². The molecule has 0 aromatic carbocycles. The molecule has 0 fully saturated rings. The second-order valence-electron chi connectivity index (χ2n) is 3.94. The van der Waals surface area contributed by atoms with Crippen LogP contribution in [0.15, 0.2) is 18.3 Å². The van der Waals surface area contributed by atoms with E-state index in [1.807, 2.05) is 26.0 Å². The van der Waals surface area contributed by atoms with Crippen LogP contribution in [-0.2, 0) is 6.42 Å². The van der Waals surface area contributed by atoms with Gasteiger partial charge in [-0.1, -0.05) is 17.7 Å². The highest BCUT2D eigenvalue weighted by Crippen LogP contribution is 2.16. The molecule has 1 aromatic heterocycles. The molecule has 1 heterocycles. The lowest BCUT2D eigenvalue weighted by Crippen LogP contribution is -2.32. The number of aryl methyl sites for hydroxylation is 1. The molecule has 0 saturated carbocycles. The Labute approximate surface area is 84.1 Å². The summed E-state index contributed by atoms with van der Waals surface area (Å²) >= 11 is 5.90. The van der Waals surface area contributed by atoms with E-state index in [4.69, 9.17) is 17.3 Å². The zero-order chi connectivity index (χ0) is 9.90. The van der Waals surface area contributed by atoms with Crippen molar-refractivity contribution < 1.29 is 0 Å². The van der Waals surface area contributed by atoms with Gasteiger partial charge in [-0.2, -0.15) is 0 Å². The summed E-state index contributed by atoms with van der Waals surface area (Å²) in [7, 11) is 0. The van der Waals surface area contributed by atoms with E-state index in [-0.39, 0.29) is 5.54 Å². The van der Waals surface area contributed by atoms with Gasteiger partial charge in [0.25, 0.3) is 0 Å². The quantitative estimate of drug-likeness (QED) is 0.758. The number of nitrogens with zero attached hydrogens (tertiary/aromatic N) is 1. The molecule has 1 rings (SSSR count). The first-order valence-electron chi connectivity index (χ1n) is 4.37. The number of nitrogens with two attached hydrogens (primary N) is 1. The molecule has 0 aliphatic carbocycles. The molecule has 3 heteroatoms. The fraction of sp³-hybridized carbons (Fsp3) is 0.500. The van der Waals surface area contributed by atoms with Gasteiger partial charge in [0, 0.05) is 11.7 Å². The van der Waals surface area contributed by atoms with E-state index in [9.17, 15) is 0 Å². The van der Waals surface area contributed by atoms with Gasteiger partial charge in [0.1, 0.15) is 5.15 Å². The summed E-state index contributed by atoms with van der Waals surface area (Å²) < 4.78 is 0. The van der Waals surface area contributed by atoms with Crippen molar-refractivity contribution in [2.45, 2.75) is 32.2 Å². The summed E-state index contributed by atoms with van der Waals surface area (Å²) in [6, 6.07) is 3.88. The number of aromatic nitrogens is 1. The summed E-state index contributed by atoms with van der Waals surface area (Å²) in [5.74, 6) is 0. The molecule has 0 spiro atoms. The molecule has 1 aromatic rings. The third-order valence-electron chi connectivity index (χ3n) is 1.88. The molecule has 0 aliphatic heterocycles. The molecule has 2 N–H and O–H groups in total. The van der Waals surface area contributed by atoms with Crippen molar-refractivity contribution in [1.82, 2.24) is 4.98 Å². The van der Waals surface area contributed by atoms with Crippen molar-refractivity contribution in [3.8, 4) is 0 Å². The van der Waals surface area contributed by atoms with Crippen LogP contribution in [-0.4, -0.2) is 10.5 Å². The third-order valence-corrected chi connectivity index (χ3v) is 2.22. The predicted octanol–water partition coefficient (Wildman–Crippen LogP) is 2.40. The van der Waals surface area contributed by atoms with E-state index in [1.165, 1.54) is 0 Å². The maximum atomic E-state index is 5.90. The highest BCUT2D eigenvalue weighted by atomic mass is 35.5. The Morgan fingerprint density at radius 1 is 1.54 bits per heavy atom. The van der Waals surface area contributed by atoms with E-state index >= 15 is 0 Å². The number of hydrogen-bond acceptors (Lipinski definition) is 2. The van der Waals surface area contributed by atoms with Gasteiger partial charge in [0.15, 0.2) is 0 Å². The van der Waals surface area contributed by atoms with Crippen LogP contribution in [0.5, 0.6) is 0 Å². The minimum Gasteiger partial charge on any atom is -0.326 e. The second kappa shape index (κ2) is 4.07. The van der Waals surface area contributed by atoms with Gasteiger partial charge in [-0.25, -0.2) is 4.98 Å². The molecule has 13 heavy (non-hydrogen) atoms. The fourth-order valence-corrected chi connectivity index (χ4v) is 1.28. The first kappa shape index (κ1) is 10.5. The normalized spacial score (nSPS) is 11.7. The molecule has 2 nitrogen and oxygen atoms in total. The lowest BCUT2D eigenvalue weighted by atomic mass is 9.97. The molecule has 0 amide bonds. The lowest BCUT2D eigenvalue weighted by molar-refractivity contribution is 0.476. The third kappa shape index (κ3) is 3.75. The monoisotopic (exact) mass is 198 g/mol. The summed E-state index contributed by atoms with van der Waals surface area (Å²) in [5.41, 5.74) is 6.80. The van der Waals surface area contributed by atoms with Crippen LogP contribution in [0.2, 0.25) is 5.15 Å². The largest absolute Gasteiger partial charge is 0.326 e. The predicted molar refractivity (Wildman–Crippen MR) is 55.8 cm³/mol. The van der Waals surface area contributed by atoms with Crippen LogP contribution in [0.4, 0.5) is 0 Å². The van der Waals surface area contributed by atoms with E-state index in [2.05, 4.69) is 4.98 Å². The standard InChI is InChI=1S/C10H15ClN2/c1-10(2,12)6-5-8-4-3-7-13-9(8)11/h3-4,7H,5-6,12H2,1-2H3. The zero-order valence-corrected chi connectivity index (χ0v) is 8.80. The van der Waals surface area contributed by atoms with Gasteiger partial charge >= 0.3 is 0 Å². The summed E-state index contributed by atoms with van der Waals surface area (Å²) in [4.78, 5) is 4.00. The number of pyridine rings is 1. The Hall–Kier alpha value is -0.600. The molecule has 72 valence electrons. The molecule has 0 unspecified atom stereocenters. The van der Waals surface area contributed by atoms with Crippen molar-refractivity contribution in [3.05, 3.63) is 29.0 Å². The van der Waals surface area contributed by atoms with Crippen molar-refractivity contribution in [2.24, 2.45) is 5.73 Å². The van der Waals surface area contributed by atoms with Gasteiger partial charge in [0.2, 0.25) is 0 Å². The highest BCUT2D eigenvalue weighted by molar-refractivity contribution is 6.30. The van der Waals surface area contributed by atoms with Crippen LogP contribution in [0.1, 0.15) is 25.8 Å². The van der Waals surface area contributed by atoms with Crippen LogP contribution in [0.25, 0.3) is 0 Å². The van der Waals surface area contributed by atoms with E-state index < -0.39 is 0 Å². The molecule has 0 atom stereocenters. The maximum Gasteiger partial charge on any atom is 0.132 e.